The van der Waals surface area contributed by atoms with Crippen LogP contribution < -0.4 is 20.8 Å². The van der Waals surface area contributed by atoms with Crippen LogP contribution in [0.15, 0.2) is 68.7 Å². The Labute approximate surface area is 189 Å². The second-order valence-electron chi connectivity index (χ2n) is 7.10. The molecular formula is C22H22N2O8S. The quantitative estimate of drug-likeness (QED) is 0.345. The maximum Gasteiger partial charge on any atom is 0.344 e. The number of primary sulfonamides is 1. The Hall–Kier alpha value is -3.70. The average Bonchev–Trinajstić information content (AvgIpc) is 2.77. The van der Waals surface area contributed by atoms with Gasteiger partial charge in [0.1, 0.15) is 11.3 Å². The molecule has 3 aromatic rings. The van der Waals surface area contributed by atoms with Gasteiger partial charge in [-0.15, -0.1) is 0 Å². The number of nitrogens with one attached hydrogen (secondary N) is 1. The second-order valence-corrected chi connectivity index (χ2v) is 8.67. The SMILES string of the molecule is CC(OC(=O)COc1ccc2ccc(=O)oc2c1)C(=O)NCCc1ccc(S(N)(=O)=O)cc1. The molecule has 0 radical (unpaired) electrons. The summed E-state index contributed by atoms with van der Waals surface area (Å²) in [5.41, 5.74) is 0.617. The van der Waals surface area contributed by atoms with Gasteiger partial charge < -0.3 is 19.2 Å². The molecule has 33 heavy (non-hydrogen) atoms. The van der Waals surface area contributed by atoms with Crippen molar-refractivity contribution in [3.05, 3.63) is 70.6 Å². The summed E-state index contributed by atoms with van der Waals surface area (Å²) in [5.74, 6) is -0.929. The number of ether oxygens (including phenoxy) is 2. The van der Waals surface area contributed by atoms with Crippen LogP contribution >= 0.6 is 0 Å². The first-order valence-corrected chi connectivity index (χ1v) is 11.4. The first-order chi connectivity index (χ1) is 15.6. The van der Waals surface area contributed by atoms with Gasteiger partial charge in [-0.3, -0.25) is 4.79 Å². The number of hydrogen-bond donors (Lipinski definition) is 2. The molecule has 3 N–H and O–H groups in total. The highest BCUT2D eigenvalue weighted by Gasteiger charge is 2.18. The number of benzene rings is 2. The molecule has 0 bridgehead atoms. The van der Waals surface area contributed by atoms with Crippen molar-refractivity contribution in [3.63, 3.8) is 0 Å². The van der Waals surface area contributed by atoms with Crippen LogP contribution in [0.4, 0.5) is 0 Å². The maximum atomic E-state index is 12.1. The van der Waals surface area contributed by atoms with Gasteiger partial charge in [0.25, 0.3) is 5.91 Å². The maximum absolute atomic E-state index is 12.1. The molecular weight excluding hydrogens is 452 g/mol. The number of carbonyl (C=O) groups excluding carboxylic acids is 2. The monoisotopic (exact) mass is 474 g/mol. The number of carbonyl (C=O) groups is 2. The summed E-state index contributed by atoms with van der Waals surface area (Å²) in [6.45, 7) is 1.25. The van der Waals surface area contributed by atoms with E-state index in [1.165, 1.54) is 31.2 Å². The molecule has 0 saturated heterocycles. The third kappa shape index (κ3) is 6.89. The number of hydrogen-bond acceptors (Lipinski definition) is 8. The number of nitrogens with two attached hydrogens (primary N) is 1. The van der Waals surface area contributed by atoms with E-state index >= 15 is 0 Å². The number of sulfonamides is 1. The molecule has 1 atom stereocenters. The van der Waals surface area contributed by atoms with E-state index in [9.17, 15) is 22.8 Å². The normalized spacial score (nSPS) is 12.2. The lowest BCUT2D eigenvalue weighted by molar-refractivity contribution is -0.156. The van der Waals surface area contributed by atoms with Gasteiger partial charge in [0.2, 0.25) is 10.0 Å². The molecule has 10 nitrogen and oxygen atoms in total. The van der Waals surface area contributed by atoms with Crippen molar-refractivity contribution in [2.24, 2.45) is 5.14 Å². The van der Waals surface area contributed by atoms with Crippen molar-refractivity contribution < 1.29 is 31.9 Å². The van der Waals surface area contributed by atoms with E-state index < -0.39 is 40.2 Å². The molecule has 0 aliphatic heterocycles. The van der Waals surface area contributed by atoms with Crippen LogP contribution in [0, 0.1) is 0 Å². The molecule has 1 aromatic heterocycles. The fourth-order valence-electron chi connectivity index (χ4n) is 2.88. The summed E-state index contributed by atoms with van der Waals surface area (Å²) >= 11 is 0. The Morgan fingerprint density at radius 3 is 2.48 bits per heavy atom. The fraction of sp³-hybridized carbons (Fsp3) is 0.227. The molecule has 0 fully saturated rings. The number of rotatable bonds is 9. The van der Waals surface area contributed by atoms with Crippen LogP contribution in [-0.2, 0) is 30.8 Å². The van der Waals surface area contributed by atoms with Gasteiger partial charge in [0.15, 0.2) is 12.7 Å². The van der Waals surface area contributed by atoms with Crippen molar-refractivity contribution in [3.8, 4) is 5.75 Å². The predicted octanol–water partition coefficient (Wildman–Crippen LogP) is 1.11. The summed E-state index contributed by atoms with van der Waals surface area (Å²) in [5, 5.41) is 8.39. The Morgan fingerprint density at radius 1 is 1.09 bits per heavy atom. The summed E-state index contributed by atoms with van der Waals surface area (Å²) in [7, 11) is -3.76. The first-order valence-electron chi connectivity index (χ1n) is 9.87. The van der Waals surface area contributed by atoms with E-state index in [0.29, 0.717) is 23.1 Å². The Bertz CT molecular complexity index is 1320. The van der Waals surface area contributed by atoms with Crippen LogP contribution in [0.3, 0.4) is 0 Å². The van der Waals surface area contributed by atoms with Gasteiger partial charge in [-0.1, -0.05) is 12.1 Å². The number of fused-ring (bicyclic) bond motifs is 1. The summed E-state index contributed by atoms with van der Waals surface area (Å²) in [6, 6.07) is 13.7. The van der Waals surface area contributed by atoms with Crippen molar-refractivity contribution >= 4 is 32.9 Å². The Balaban J connectivity index is 1.42. The van der Waals surface area contributed by atoms with Gasteiger partial charge in [-0.25, -0.2) is 23.1 Å². The molecule has 11 heteroatoms. The van der Waals surface area contributed by atoms with E-state index in [4.69, 9.17) is 19.0 Å². The number of amides is 1. The van der Waals surface area contributed by atoms with Crippen molar-refractivity contribution in [1.29, 1.82) is 0 Å². The van der Waals surface area contributed by atoms with Crippen molar-refractivity contribution in [2.45, 2.75) is 24.3 Å². The zero-order chi connectivity index (χ0) is 24.0. The molecule has 1 unspecified atom stereocenters. The van der Waals surface area contributed by atoms with E-state index in [-0.39, 0.29) is 11.4 Å². The van der Waals surface area contributed by atoms with Gasteiger partial charge >= 0.3 is 11.6 Å². The highest BCUT2D eigenvalue weighted by Crippen LogP contribution is 2.19. The molecule has 0 aliphatic rings. The lowest BCUT2D eigenvalue weighted by atomic mass is 10.1. The van der Waals surface area contributed by atoms with Gasteiger partial charge in [-0.2, -0.15) is 0 Å². The minimum Gasteiger partial charge on any atom is -0.482 e. The highest BCUT2D eigenvalue weighted by molar-refractivity contribution is 7.89. The third-order valence-corrected chi connectivity index (χ3v) is 5.52. The molecule has 0 spiro atoms. The smallest absolute Gasteiger partial charge is 0.344 e. The van der Waals surface area contributed by atoms with E-state index in [2.05, 4.69) is 5.32 Å². The summed E-state index contributed by atoms with van der Waals surface area (Å²) in [6.07, 6.45) is -0.598. The Morgan fingerprint density at radius 2 is 1.79 bits per heavy atom. The summed E-state index contributed by atoms with van der Waals surface area (Å²) in [4.78, 5) is 35.4. The highest BCUT2D eigenvalue weighted by atomic mass is 32.2. The van der Waals surface area contributed by atoms with Crippen molar-refractivity contribution in [2.75, 3.05) is 13.2 Å². The molecule has 0 saturated carbocycles. The molecule has 0 aliphatic carbocycles. The van der Waals surface area contributed by atoms with E-state index in [1.54, 1.807) is 30.3 Å². The Kier molecular flexibility index (Phi) is 7.46. The third-order valence-electron chi connectivity index (χ3n) is 4.59. The molecule has 174 valence electrons. The summed E-state index contributed by atoms with van der Waals surface area (Å²) < 4.78 is 38.0. The van der Waals surface area contributed by atoms with Crippen LogP contribution in [0.2, 0.25) is 0 Å². The van der Waals surface area contributed by atoms with Gasteiger partial charge in [-0.05, 0) is 49.2 Å². The number of esters is 1. The largest absolute Gasteiger partial charge is 0.482 e. The minimum atomic E-state index is -3.76. The van der Waals surface area contributed by atoms with E-state index in [1.807, 2.05) is 0 Å². The second kappa shape index (κ2) is 10.3. The van der Waals surface area contributed by atoms with Gasteiger partial charge in [0, 0.05) is 24.1 Å². The van der Waals surface area contributed by atoms with Crippen LogP contribution in [-0.4, -0.2) is 39.5 Å². The van der Waals surface area contributed by atoms with Gasteiger partial charge in [0.05, 0.1) is 4.90 Å². The minimum absolute atomic E-state index is 0.00581. The van der Waals surface area contributed by atoms with Crippen LogP contribution in [0.1, 0.15) is 12.5 Å². The standard InChI is InChI=1S/C22H22N2O8S/c1-14(22(27)24-11-10-15-2-7-18(8-3-15)33(23,28)29)31-21(26)13-30-17-6-4-16-5-9-20(25)32-19(16)12-17/h2-9,12,14H,10-11,13H2,1H3,(H,24,27)(H2,23,28,29). The average molecular weight is 474 g/mol. The lowest BCUT2D eigenvalue weighted by Gasteiger charge is -2.14. The zero-order valence-electron chi connectivity index (χ0n) is 17.6. The molecule has 1 amide bonds. The van der Waals surface area contributed by atoms with Crippen LogP contribution in [0.25, 0.3) is 11.0 Å². The first kappa shape index (κ1) is 24.0. The lowest BCUT2D eigenvalue weighted by Crippen LogP contribution is -2.37. The zero-order valence-corrected chi connectivity index (χ0v) is 18.5. The van der Waals surface area contributed by atoms with Crippen molar-refractivity contribution in [1.82, 2.24) is 5.32 Å². The fourth-order valence-corrected chi connectivity index (χ4v) is 3.39. The van der Waals surface area contributed by atoms with Crippen LogP contribution in [0.5, 0.6) is 5.75 Å². The predicted molar refractivity (Wildman–Crippen MR) is 118 cm³/mol. The topological polar surface area (TPSA) is 155 Å². The van der Waals surface area contributed by atoms with E-state index in [0.717, 1.165) is 5.56 Å². The molecule has 2 aromatic carbocycles. The molecule has 3 rings (SSSR count). The molecule has 1 heterocycles.